The number of hydrogen-bond donors (Lipinski definition) is 2. The van der Waals surface area contributed by atoms with Crippen molar-refractivity contribution in [3.63, 3.8) is 0 Å². The number of nitrogens with zero attached hydrogens (tertiary/aromatic N) is 1. The Balaban J connectivity index is 0.00000320. The fraction of sp³-hybridized carbons (Fsp3) is 0.185. The molecule has 1 heterocycles. The van der Waals surface area contributed by atoms with Crippen LogP contribution in [0.3, 0.4) is 0 Å². The number of carboxylic acid groups (broad SMARTS) is 1. The van der Waals surface area contributed by atoms with E-state index < -0.39 is 23.2 Å². The Hall–Kier alpha value is -1.95. The number of aromatic nitrogens is 1. The summed E-state index contributed by atoms with van der Waals surface area (Å²) in [6.07, 6.45) is -1.15. The molecule has 0 aliphatic heterocycles. The Morgan fingerprint density at radius 2 is 1.73 bits per heavy atom. The van der Waals surface area contributed by atoms with Gasteiger partial charge in [-0.3, -0.25) is 4.79 Å². The van der Waals surface area contributed by atoms with Crippen LogP contribution in [0.2, 0.25) is 0 Å². The summed E-state index contributed by atoms with van der Waals surface area (Å²) >= 11 is 3.26. The molecule has 37 heavy (non-hydrogen) atoms. The van der Waals surface area contributed by atoms with E-state index in [0.717, 1.165) is 35.9 Å². The Morgan fingerprint density at radius 1 is 1.03 bits per heavy atom. The van der Waals surface area contributed by atoms with Crippen LogP contribution in [0.15, 0.2) is 77.4 Å². The molecule has 4 aromatic rings. The summed E-state index contributed by atoms with van der Waals surface area (Å²) in [5.74, 6) is -1.28. The summed E-state index contributed by atoms with van der Waals surface area (Å²) in [6.45, 7) is 0.272. The number of benzene rings is 3. The van der Waals surface area contributed by atoms with Crippen molar-refractivity contribution in [1.29, 1.82) is 0 Å². The SMILES string of the molecule is O=C(O)c1ccc(C2(NC(=O)c3cccc4ccn(Cc5ccc(C(F)(F)F)cc5Br)c34)CC2)cc1.[KH]. The molecule has 5 rings (SSSR count). The average molecular weight is 597 g/mol. The molecule has 1 aliphatic carbocycles. The van der Waals surface area contributed by atoms with E-state index in [2.05, 4.69) is 21.2 Å². The second kappa shape index (κ2) is 10.7. The predicted octanol–water partition coefficient (Wildman–Crippen LogP) is 5.94. The zero-order chi connectivity index (χ0) is 25.7. The van der Waals surface area contributed by atoms with Gasteiger partial charge in [0.1, 0.15) is 0 Å². The van der Waals surface area contributed by atoms with Crippen LogP contribution in [-0.2, 0) is 18.3 Å². The van der Waals surface area contributed by atoms with E-state index in [-0.39, 0.29) is 69.4 Å². The molecule has 0 saturated heterocycles. The summed E-state index contributed by atoms with van der Waals surface area (Å²) < 4.78 is 41.3. The van der Waals surface area contributed by atoms with Crippen molar-refractivity contribution >= 4 is 90.1 Å². The van der Waals surface area contributed by atoms with Gasteiger partial charge in [-0.1, -0.05) is 46.3 Å². The number of para-hydroxylation sites is 1. The molecule has 1 aliphatic rings. The molecule has 2 N–H and O–H groups in total. The third kappa shape index (κ3) is 5.74. The van der Waals surface area contributed by atoms with Crippen LogP contribution in [0.1, 0.15) is 50.2 Å². The van der Waals surface area contributed by atoms with Gasteiger partial charge in [0.15, 0.2) is 0 Å². The van der Waals surface area contributed by atoms with Crippen LogP contribution >= 0.6 is 15.9 Å². The monoisotopic (exact) mass is 596 g/mol. The molecule has 186 valence electrons. The Bertz CT molecular complexity index is 1500. The van der Waals surface area contributed by atoms with Crippen LogP contribution in [0.5, 0.6) is 0 Å². The molecule has 0 radical (unpaired) electrons. The molecular formula is C27H21BrF3KN2O3. The van der Waals surface area contributed by atoms with Gasteiger partial charge in [0.2, 0.25) is 0 Å². The van der Waals surface area contributed by atoms with Crippen molar-refractivity contribution in [3.8, 4) is 0 Å². The minimum atomic E-state index is -4.43. The molecule has 3 aromatic carbocycles. The zero-order valence-corrected chi connectivity index (χ0v) is 20.4. The number of rotatable bonds is 6. The van der Waals surface area contributed by atoms with Crippen LogP contribution < -0.4 is 5.32 Å². The predicted molar refractivity (Wildman–Crippen MR) is 139 cm³/mol. The van der Waals surface area contributed by atoms with E-state index >= 15 is 0 Å². The van der Waals surface area contributed by atoms with Gasteiger partial charge >= 0.3 is 63.5 Å². The van der Waals surface area contributed by atoms with E-state index in [1.165, 1.54) is 18.2 Å². The Morgan fingerprint density at radius 3 is 2.32 bits per heavy atom. The van der Waals surface area contributed by atoms with Crippen LogP contribution in [0, 0.1) is 0 Å². The van der Waals surface area contributed by atoms with Crippen LogP contribution in [0.4, 0.5) is 13.2 Å². The van der Waals surface area contributed by atoms with Crippen molar-refractivity contribution in [1.82, 2.24) is 9.88 Å². The molecule has 1 fully saturated rings. The normalized spacial score (nSPS) is 14.2. The summed E-state index contributed by atoms with van der Waals surface area (Å²) in [7, 11) is 0. The second-order valence-electron chi connectivity index (χ2n) is 8.91. The molecule has 0 bridgehead atoms. The maximum absolute atomic E-state index is 13.4. The molecule has 1 amide bonds. The van der Waals surface area contributed by atoms with Crippen molar-refractivity contribution < 1.29 is 27.9 Å². The van der Waals surface area contributed by atoms with Crippen molar-refractivity contribution in [2.75, 3.05) is 0 Å². The fourth-order valence-electron chi connectivity index (χ4n) is 4.44. The number of carbonyl (C=O) groups excluding carboxylic acids is 1. The van der Waals surface area contributed by atoms with Gasteiger partial charge < -0.3 is 15.0 Å². The maximum atomic E-state index is 13.4. The van der Waals surface area contributed by atoms with Crippen molar-refractivity contribution in [2.24, 2.45) is 0 Å². The number of aromatic carboxylic acids is 1. The van der Waals surface area contributed by atoms with Gasteiger partial charge in [-0.25, -0.2) is 4.79 Å². The first-order valence-electron chi connectivity index (χ1n) is 11.2. The first kappa shape index (κ1) is 28.1. The van der Waals surface area contributed by atoms with Gasteiger partial charge in [-0.05, 0) is 60.4 Å². The molecule has 1 aromatic heterocycles. The number of carboxylic acids is 1. The summed E-state index contributed by atoms with van der Waals surface area (Å²) in [4.78, 5) is 24.6. The van der Waals surface area contributed by atoms with E-state index in [4.69, 9.17) is 5.11 Å². The number of hydrogen-bond acceptors (Lipinski definition) is 2. The molecule has 1 saturated carbocycles. The van der Waals surface area contributed by atoms with Crippen LogP contribution in [-0.4, -0.2) is 72.9 Å². The average Bonchev–Trinajstić information content (AvgIpc) is 3.51. The minimum absolute atomic E-state index is 0. The topological polar surface area (TPSA) is 71.3 Å². The van der Waals surface area contributed by atoms with Crippen molar-refractivity contribution in [3.05, 3.63) is 105 Å². The number of fused-ring (bicyclic) bond motifs is 1. The van der Waals surface area contributed by atoms with Gasteiger partial charge in [-0.2, -0.15) is 13.2 Å². The first-order valence-corrected chi connectivity index (χ1v) is 12.0. The number of nitrogens with one attached hydrogen (secondary N) is 1. The molecule has 5 nitrogen and oxygen atoms in total. The van der Waals surface area contributed by atoms with Gasteiger partial charge in [-0.15, -0.1) is 0 Å². The van der Waals surface area contributed by atoms with E-state index in [9.17, 15) is 22.8 Å². The number of amides is 1. The van der Waals surface area contributed by atoms with E-state index in [0.29, 0.717) is 21.1 Å². The van der Waals surface area contributed by atoms with Gasteiger partial charge in [0, 0.05) is 22.6 Å². The second-order valence-corrected chi connectivity index (χ2v) is 9.76. The summed E-state index contributed by atoms with van der Waals surface area (Å²) in [6, 6.07) is 17.3. The third-order valence-electron chi connectivity index (χ3n) is 6.54. The number of halogens is 4. The summed E-state index contributed by atoms with van der Waals surface area (Å²) in [5.41, 5.74) is 1.52. The van der Waals surface area contributed by atoms with Crippen LogP contribution in [0.25, 0.3) is 10.9 Å². The van der Waals surface area contributed by atoms with E-state index in [1.807, 2.05) is 22.9 Å². The first-order chi connectivity index (χ1) is 17.1. The molecule has 0 spiro atoms. The molecule has 10 heteroatoms. The Kier molecular flexibility index (Phi) is 8.09. The number of alkyl halides is 3. The van der Waals surface area contributed by atoms with E-state index in [1.54, 1.807) is 24.3 Å². The third-order valence-corrected chi connectivity index (χ3v) is 7.28. The molecular weight excluding hydrogens is 576 g/mol. The fourth-order valence-corrected chi connectivity index (χ4v) is 4.94. The Labute approximate surface area is 261 Å². The van der Waals surface area contributed by atoms with Gasteiger partial charge in [0.05, 0.1) is 27.7 Å². The zero-order valence-electron chi connectivity index (χ0n) is 18.8. The quantitative estimate of drug-likeness (QED) is 0.271. The summed E-state index contributed by atoms with van der Waals surface area (Å²) in [5, 5.41) is 13.1. The standard InChI is InChI=1S/C27H20BrF3N2O3.K.H/c28-22-14-20(27(29,30)31)9-6-18(22)15-33-13-10-16-2-1-3-21(23(16)33)24(34)32-26(11-12-26)19-7-4-17(5-8-19)25(35)36;;/h1-10,13-14H,11-12,15H2,(H,32,34)(H,35,36);;. The van der Waals surface area contributed by atoms with Gasteiger partial charge in [0.25, 0.3) is 5.91 Å². The molecule has 0 atom stereocenters. The molecule has 0 unspecified atom stereocenters. The number of carbonyl (C=O) groups is 2. The van der Waals surface area contributed by atoms with Crippen molar-refractivity contribution in [2.45, 2.75) is 31.1 Å².